The van der Waals surface area contributed by atoms with Crippen LogP contribution < -0.4 is 15.8 Å². The van der Waals surface area contributed by atoms with Crippen molar-refractivity contribution in [3.05, 3.63) is 34.6 Å². The molecule has 0 saturated heterocycles. The number of benzene rings is 1. The highest BCUT2D eigenvalue weighted by atomic mass is 35.5. The summed E-state index contributed by atoms with van der Waals surface area (Å²) in [5.74, 6) is -0.107. The molecule has 0 aliphatic carbocycles. The average Bonchev–Trinajstić information content (AvgIpc) is 2.46. The SMILES string of the molecule is CCCOc1nc(N)nc(NCc2ccc(F)c(Cl)c2)n1. The van der Waals surface area contributed by atoms with Gasteiger partial charge >= 0.3 is 6.01 Å². The minimum Gasteiger partial charge on any atom is -0.463 e. The molecule has 0 saturated carbocycles. The van der Waals surface area contributed by atoms with Crippen LogP contribution in [-0.2, 0) is 6.54 Å². The van der Waals surface area contributed by atoms with Crippen molar-refractivity contribution in [1.82, 2.24) is 15.0 Å². The first kappa shape index (κ1) is 15.2. The van der Waals surface area contributed by atoms with E-state index < -0.39 is 5.82 Å². The van der Waals surface area contributed by atoms with Crippen LogP contribution in [-0.4, -0.2) is 21.6 Å². The van der Waals surface area contributed by atoms with Gasteiger partial charge in [-0.25, -0.2) is 4.39 Å². The maximum Gasteiger partial charge on any atom is 0.323 e. The van der Waals surface area contributed by atoms with Crippen molar-refractivity contribution >= 4 is 23.5 Å². The van der Waals surface area contributed by atoms with Gasteiger partial charge in [0.25, 0.3) is 0 Å². The van der Waals surface area contributed by atoms with Crippen LogP contribution >= 0.6 is 11.6 Å². The van der Waals surface area contributed by atoms with E-state index in [1.807, 2.05) is 6.92 Å². The van der Waals surface area contributed by atoms with Gasteiger partial charge in [-0.2, -0.15) is 15.0 Å². The molecule has 0 bridgehead atoms. The predicted octanol–water partition coefficient (Wildman–Crippen LogP) is 2.65. The van der Waals surface area contributed by atoms with Gasteiger partial charge in [0.15, 0.2) is 0 Å². The van der Waals surface area contributed by atoms with Crippen molar-refractivity contribution < 1.29 is 9.13 Å². The van der Waals surface area contributed by atoms with Crippen LogP contribution in [0.2, 0.25) is 5.02 Å². The van der Waals surface area contributed by atoms with E-state index in [1.165, 1.54) is 12.1 Å². The molecule has 2 aromatic rings. The summed E-state index contributed by atoms with van der Waals surface area (Å²) in [7, 11) is 0. The molecule has 0 radical (unpaired) electrons. The molecule has 0 fully saturated rings. The van der Waals surface area contributed by atoms with Crippen molar-refractivity contribution in [2.75, 3.05) is 17.7 Å². The summed E-state index contributed by atoms with van der Waals surface area (Å²) in [6.45, 7) is 2.84. The second kappa shape index (κ2) is 7.03. The Kier molecular flexibility index (Phi) is 5.10. The topological polar surface area (TPSA) is 86.0 Å². The molecule has 1 aromatic heterocycles. The lowest BCUT2D eigenvalue weighted by molar-refractivity contribution is 0.292. The highest BCUT2D eigenvalue weighted by Gasteiger charge is 2.06. The number of halogens is 2. The van der Waals surface area contributed by atoms with Crippen LogP contribution in [0.25, 0.3) is 0 Å². The molecule has 112 valence electrons. The Morgan fingerprint density at radius 1 is 1.33 bits per heavy atom. The number of nitrogens with two attached hydrogens (primary N) is 1. The third kappa shape index (κ3) is 4.42. The van der Waals surface area contributed by atoms with Gasteiger partial charge in [-0.3, -0.25) is 0 Å². The van der Waals surface area contributed by atoms with Gasteiger partial charge in [-0.15, -0.1) is 0 Å². The van der Waals surface area contributed by atoms with Crippen molar-refractivity contribution in [1.29, 1.82) is 0 Å². The Balaban J connectivity index is 2.05. The highest BCUT2D eigenvalue weighted by molar-refractivity contribution is 6.30. The van der Waals surface area contributed by atoms with Crippen LogP contribution in [0.3, 0.4) is 0 Å². The Hall–Kier alpha value is -2.15. The Morgan fingerprint density at radius 2 is 2.14 bits per heavy atom. The standard InChI is InChI=1S/C13H15ClFN5O/c1-2-5-21-13-19-11(16)18-12(20-13)17-7-8-3-4-10(15)9(14)6-8/h3-4,6H,2,5,7H2,1H3,(H3,16,17,18,19,20). The normalized spacial score (nSPS) is 10.4. The lowest BCUT2D eigenvalue weighted by Crippen LogP contribution is -2.09. The molecule has 0 aliphatic heterocycles. The van der Waals surface area contributed by atoms with E-state index in [4.69, 9.17) is 22.1 Å². The largest absolute Gasteiger partial charge is 0.463 e. The van der Waals surface area contributed by atoms with E-state index in [9.17, 15) is 4.39 Å². The molecular formula is C13H15ClFN5O. The zero-order valence-corrected chi connectivity index (χ0v) is 12.2. The molecule has 21 heavy (non-hydrogen) atoms. The van der Waals surface area contributed by atoms with E-state index in [0.717, 1.165) is 12.0 Å². The second-order valence-corrected chi connectivity index (χ2v) is 4.66. The molecule has 0 unspecified atom stereocenters. The van der Waals surface area contributed by atoms with Crippen molar-refractivity contribution in [3.8, 4) is 6.01 Å². The maximum atomic E-state index is 13.1. The van der Waals surface area contributed by atoms with Crippen molar-refractivity contribution in [2.45, 2.75) is 19.9 Å². The summed E-state index contributed by atoms with van der Waals surface area (Å²) in [5, 5.41) is 3.03. The molecule has 8 heteroatoms. The van der Waals surface area contributed by atoms with Gasteiger partial charge < -0.3 is 15.8 Å². The van der Waals surface area contributed by atoms with Gasteiger partial charge in [0.05, 0.1) is 11.6 Å². The number of nitrogen functional groups attached to an aromatic ring is 1. The molecule has 0 aliphatic rings. The monoisotopic (exact) mass is 311 g/mol. The summed E-state index contributed by atoms with van der Waals surface area (Å²) in [5.41, 5.74) is 6.38. The molecule has 1 heterocycles. The third-order valence-electron chi connectivity index (χ3n) is 2.50. The fourth-order valence-electron chi connectivity index (χ4n) is 1.54. The molecule has 2 rings (SSSR count). The molecule has 1 aromatic carbocycles. The number of anilines is 2. The lowest BCUT2D eigenvalue weighted by atomic mass is 10.2. The van der Waals surface area contributed by atoms with E-state index >= 15 is 0 Å². The van der Waals surface area contributed by atoms with Crippen LogP contribution in [0, 0.1) is 5.82 Å². The molecule has 0 amide bonds. The maximum absolute atomic E-state index is 13.1. The van der Waals surface area contributed by atoms with Crippen LogP contribution in [0.15, 0.2) is 18.2 Å². The van der Waals surface area contributed by atoms with Crippen LogP contribution in [0.1, 0.15) is 18.9 Å². The molecule has 0 spiro atoms. The number of nitrogens with one attached hydrogen (secondary N) is 1. The van der Waals surface area contributed by atoms with Gasteiger partial charge in [-0.05, 0) is 24.1 Å². The second-order valence-electron chi connectivity index (χ2n) is 4.25. The number of aromatic nitrogens is 3. The minimum absolute atomic E-state index is 0.0655. The molecule has 3 N–H and O–H groups in total. The van der Waals surface area contributed by atoms with E-state index in [2.05, 4.69) is 20.3 Å². The average molecular weight is 312 g/mol. The van der Waals surface area contributed by atoms with E-state index in [0.29, 0.717) is 13.2 Å². The fraction of sp³-hybridized carbons (Fsp3) is 0.308. The van der Waals surface area contributed by atoms with Crippen LogP contribution in [0.5, 0.6) is 6.01 Å². The van der Waals surface area contributed by atoms with E-state index in [1.54, 1.807) is 6.07 Å². The van der Waals surface area contributed by atoms with Gasteiger partial charge in [0.1, 0.15) is 5.82 Å². The third-order valence-corrected chi connectivity index (χ3v) is 2.79. The fourth-order valence-corrected chi connectivity index (χ4v) is 1.74. The van der Waals surface area contributed by atoms with Gasteiger partial charge in [0, 0.05) is 6.54 Å². The summed E-state index contributed by atoms with van der Waals surface area (Å²) in [6, 6.07) is 4.62. The molecule has 6 nitrogen and oxygen atoms in total. The van der Waals surface area contributed by atoms with Gasteiger partial charge in [-0.1, -0.05) is 24.6 Å². The number of hydrogen-bond acceptors (Lipinski definition) is 6. The minimum atomic E-state index is -0.458. The van der Waals surface area contributed by atoms with Crippen molar-refractivity contribution in [3.63, 3.8) is 0 Å². The Labute approximate surface area is 126 Å². The summed E-state index contributed by atoms with van der Waals surface area (Å²) in [4.78, 5) is 11.9. The molecular weight excluding hydrogens is 297 g/mol. The zero-order chi connectivity index (χ0) is 15.2. The number of rotatable bonds is 6. The Bertz CT molecular complexity index is 626. The predicted molar refractivity (Wildman–Crippen MR) is 78.8 cm³/mol. The quantitative estimate of drug-likeness (QED) is 0.853. The summed E-state index contributed by atoms with van der Waals surface area (Å²) < 4.78 is 18.4. The van der Waals surface area contributed by atoms with Crippen molar-refractivity contribution in [2.24, 2.45) is 0 Å². The smallest absolute Gasteiger partial charge is 0.323 e. The molecule has 0 atom stereocenters. The number of ether oxygens (including phenoxy) is 1. The summed E-state index contributed by atoms with van der Waals surface area (Å²) in [6.07, 6.45) is 0.836. The van der Waals surface area contributed by atoms with Gasteiger partial charge in [0.2, 0.25) is 11.9 Å². The lowest BCUT2D eigenvalue weighted by Gasteiger charge is -2.08. The summed E-state index contributed by atoms with van der Waals surface area (Å²) >= 11 is 5.72. The first-order chi connectivity index (χ1) is 10.1. The number of nitrogens with zero attached hydrogens (tertiary/aromatic N) is 3. The first-order valence-corrected chi connectivity index (χ1v) is 6.78. The number of hydrogen-bond donors (Lipinski definition) is 2. The van der Waals surface area contributed by atoms with Crippen LogP contribution in [0.4, 0.5) is 16.3 Å². The zero-order valence-electron chi connectivity index (χ0n) is 11.4. The Morgan fingerprint density at radius 3 is 2.86 bits per heavy atom. The first-order valence-electron chi connectivity index (χ1n) is 6.40. The highest BCUT2D eigenvalue weighted by Crippen LogP contribution is 2.17. The van der Waals surface area contributed by atoms with E-state index in [-0.39, 0.29) is 22.9 Å².